The van der Waals surface area contributed by atoms with Crippen LogP contribution in [-0.4, -0.2) is 78.6 Å². The molecule has 3 N–H and O–H groups in total. The van der Waals surface area contributed by atoms with Gasteiger partial charge in [0.15, 0.2) is 11.6 Å². The summed E-state index contributed by atoms with van der Waals surface area (Å²) < 4.78 is 8.40. The van der Waals surface area contributed by atoms with E-state index in [0.717, 1.165) is 60.9 Å². The zero-order chi connectivity index (χ0) is 39.6. The number of hydrogen-bond acceptors (Lipinski definition) is 9. The number of likely N-dealkylation sites (tertiary alicyclic amines) is 1. The van der Waals surface area contributed by atoms with E-state index in [-0.39, 0.29) is 47.9 Å². The Morgan fingerprint density at radius 3 is 2.46 bits per heavy atom. The Hall–Kier alpha value is -5.67. The third-order valence-corrected chi connectivity index (χ3v) is 13.0. The van der Waals surface area contributed by atoms with Crippen LogP contribution < -0.4 is 10.2 Å². The highest BCUT2D eigenvalue weighted by molar-refractivity contribution is 5.91. The van der Waals surface area contributed by atoms with Crippen LogP contribution in [0.3, 0.4) is 0 Å². The van der Waals surface area contributed by atoms with Crippen molar-refractivity contribution >= 4 is 28.7 Å². The van der Waals surface area contributed by atoms with E-state index in [9.17, 15) is 19.8 Å². The van der Waals surface area contributed by atoms with Crippen molar-refractivity contribution < 1.29 is 24.3 Å². The maximum atomic E-state index is 14.2. The summed E-state index contributed by atoms with van der Waals surface area (Å²) in [5, 5.41) is 37.7. The number of carbonyl (C=O) groups is 2. The van der Waals surface area contributed by atoms with E-state index in [4.69, 9.17) is 10.9 Å². The van der Waals surface area contributed by atoms with Gasteiger partial charge in [-0.05, 0) is 86.9 Å². The fourth-order valence-corrected chi connectivity index (χ4v) is 9.66. The van der Waals surface area contributed by atoms with Crippen molar-refractivity contribution in [1.82, 2.24) is 30.1 Å². The summed E-state index contributed by atoms with van der Waals surface area (Å²) >= 11 is 0. The zero-order valence-corrected chi connectivity index (χ0v) is 32.6. The number of aromatic nitrogens is 4. The van der Waals surface area contributed by atoms with Gasteiger partial charge in [0.25, 0.3) is 0 Å². The summed E-state index contributed by atoms with van der Waals surface area (Å²) in [7, 11) is 0. The van der Waals surface area contributed by atoms with E-state index in [2.05, 4.69) is 48.2 Å². The summed E-state index contributed by atoms with van der Waals surface area (Å²) in [5.74, 6) is 3.05. The molecule has 2 amide bonds. The number of hydrogen-bond donors (Lipinski definition) is 3. The average molecular weight is 768 g/mol. The number of phenolic OH excluding ortho intramolecular Hbond substituents is 1. The standard InChI is InChI=1S/C45H49N7O5/c1-5-28-13-15-29(16-14-28)27(4)46-43(55)38-17-32(53)23-51(38)44(56)42(26(2)3)40-20-41(49-57-40)50-24-45(25-50)21-30(22-45)36-19-35-37(52(36)31-9-8-10-31)18-34(47-48-35)33-11-6-7-12-39(33)54/h1,6-7,11-16,18-20,26-27,30-32,38,42,53-54H,8-10,17,21-25H2,2-4H3,(H,46,55)/t27-,32+,38-,42?/m0/s1. The van der Waals surface area contributed by atoms with Crippen LogP contribution in [-0.2, 0) is 9.59 Å². The molecule has 0 bridgehead atoms. The van der Waals surface area contributed by atoms with E-state index >= 15 is 0 Å². The topological polar surface area (TPSA) is 150 Å². The van der Waals surface area contributed by atoms with Crippen LogP contribution >= 0.6 is 0 Å². The molecule has 294 valence electrons. The number of aliphatic hydroxyl groups excluding tert-OH is 1. The second-order valence-corrected chi connectivity index (χ2v) is 17.2. The number of para-hydroxylation sites is 1. The number of β-amino-alcohol motifs (C(OH)–C–C–N with tert-alkyl or cyclic N) is 1. The lowest BCUT2D eigenvalue weighted by atomic mass is 9.57. The Bertz CT molecular complexity index is 2360. The summed E-state index contributed by atoms with van der Waals surface area (Å²) in [6.45, 7) is 7.61. The molecular formula is C45H49N7O5. The van der Waals surface area contributed by atoms with Gasteiger partial charge in [0.1, 0.15) is 23.2 Å². The van der Waals surface area contributed by atoms with E-state index in [0.29, 0.717) is 34.8 Å². The molecule has 2 aliphatic carbocycles. The van der Waals surface area contributed by atoms with Gasteiger partial charge in [-0.25, -0.2) is 0 Å². The predicted octanol–water partition coefficient (Wildman–Crippen LogP) is 6.46. The van der Waals surface area contributed by atoms with Crippen LogP contribution in [0, 0.1) is 23.7 Å². The summed E-state index contributed by atoms with van der Waals surface area (Å²) in [5.41, 5.74) is 6.51. The number of rotatable bonds is 10. The van der Waals surface area contributed by atoms with Crippen molar-refractivity contribution in [1.29, 1.82) is 0 Å². The molecule has 12 nitrogen and oxygen atoms in total. The molecule has 1 unspecified atom stereocenters. The molecule has 2 aliphatic heterocycles. The molecule has 0 radical (unpaired) electrons. The third-order valence-electron chi connectivity index (χ3n) is 13.0. The first kappa shape index (κ1) is 36.9. The smallest absolute Gasteiger partial charge is 0.243 e. The van der Waals surface area contributed by atoms with Crippen molar-refractivity contribution in [2.75, 3.05) is 24.5 Å². The lowest BCUT2D eigenvalue weighted by molar-refractivity contribution is -0.141. The molecule has 3 aromatic heterocycles. The average Bonchev–Trinajstić information content (AvgIpc) is 3.87. The highest BCUT2D eigenvalue weighted by Crippen LogP contribution is 2.58. The second kappa shape index (κ2) is 14.4. The minimum absolute atomic E-state index is 0.0756. The van der Waals surface area contributed by atoms with E-state index in [1.54, 1.807) is 6.07 Å². The van der Waals surface area contributed by atoms with Crippen molar-refractivity contribution in [3.05, 3.63) is 89.3 Å². The number of amides is 2. The number of benzene rings is 2. The van der Waals surface area contributed by atoms with Gasteiger partial charge < -0.3 is 34.4 Å². The van der Waals surface area contributed by atoms with Gasteiger partial charge in [0.05, 0.1) is 23.4 Å². The maximum absolute atomic E-state index is 14.2. The van der Waals surface area contributed by atoms with Gasteiger partial charge in [-0.2, -0.15) is 0 Å². The second-order valence-electron chi connectivity index (χ2n) is 17.2. The summed E-state index contributed by atoms with van der Waals surface area (Å²) in [4.78, 5) is 31.5. The van der Waals surface area contributed by atoms with Gasteiger partial charge in [0, 0.05) is 66.3 Å². The number of phenols is 1. The highest BCUT2D eigenvalue weighted by atomic mass is 16.5. The van der Waals surface area contributed by atoms with Crippen molar-refractivity contribution in [2.45, 2.75) is 95.4 Å². The first-order valence-electron chi connectivity index (χ1n) is 20.2. The molecule has 4 atom stereocenters. The van der Waals surface area contributed by atoms with Crippen molar-refractivity contribution in [3.63, 3.8) is 0 Å². The number of aliphatic hydroxyl groups is 1. The molecule has 2 aromatic carbocycles. The molecule has 1 spiro atoms. The lowest BCUT2D eigenvalue weighted by Crippen LogP contribution is -2.62. The van der Waals surface area contributed by atoms with Crippen molar-refractivity contribution in [3.8, 4) is 29.4 Å². The van der Waals surface area contributed by atoms with Crippen LogP contribution in [0.4, 0.5) is 5.82 Å². The molecular weight excluding hydrogens is 719 g/mol. The van der Waals surface area contributed by atoms with Gasteiger partial charge in [-0.1, -0.05) is 49.2 Å². The largest absolute Gasteiger partial charge is 0.507 e. The quantitative estimate of drug-likeness (QED) is 0.136. The Kier molecular flexibility index (Phi) is 9.31. The number of nitrogens with zero attached hydrogens (tertiary/aromatic N) is 6. The molecule has 4 aliphatic rings. The molecule has 4 fully saturated rings. The van der Waals surface area contributed by atoms with E-state index in [1.807, 2.05) is 69.3 Å². The fraction of sp³-hybridized carbons (Fsp3) is 0.444. The monoisotopic (exact) mass is 767 g/mol. The molecule has 5 aromatic rings. The molecule has 2 saturated carbocycles. The Morgan fingerprint density at radius 2 is 1.77 bits per heavy atom. The van der Waals surface area contributed by atoms with Crippen LogP contribution in [0.15, 0.2) is 71.3 Å². The molecule has 2 saturated heterocycles. The lowest BCUT2D eigenvalue weighted by Gasteiger charge is -2.59. The molecule has 12 heteroatoms. The summed E-state index contributed by atoms with van der Waals surface area (Å²) in [6.07, 6.45) is 10.5. The third kappa shape index (κ3) is 6.61. The van der Waals surface area contributed by atoms with Crippen LogP contribution in [0.5, 0.6) is 5.75 Å². The normalized spacial score (nSPS) is 21.5. The number of anilines is 1. The van der Waals surface area contributed by atoms with Gasteiger partial charge >= 0.3 is 0 Å². The first-order valence-corrected chi connectivity index (χ1v) is 20.2. The van der Waals surface area contributed by atoms with E-state index < -0.39 is 18.1 Å². The maximum Gasteiger partial charge on any atom is 0.243 e. The van der Waals surface area contributed by atoms with Crippen LogP contribution in [0.1, 0.15) is 106 Å². The van der Waals surface area contributed by atoms with Gasteiger partial charge in [0.2, 0.25) is 11.8 Å². The fourth-order valence-electron chi connectivity index (χ4n) is 9.66. The number of aromatic hydroxyl groups is 1. The van der Waals surface area contributed by atoms with Crippen LogP contribution in [0.25, 0.3) is 22.3 Å². The number of carbonyl (C=O) groups excluding carboxylic acids is 2. The number of fused-ring (bicyclic) bond motifs is 1. The Labute approximate surface area is 332 Å². The Balaban J connectivity index is 0.862. The number of nitrogens with one attached hydrogen (secondary N) is 1. The number of terminal acetylenes is 1. The highest BCUT2D eigenvalue weighted by Gasteiger charge is 2.54. The predicted molar refractivity (Wildman–Crippen MR) is 215 cm³/mol. The minimum Gasteiger partial charge on any atom is -0.507 e. The van der Waals surface area contributed by atoms with Crippen LogP contribution in [0.2, 0.25) is 0 Å². The van der Waals surface area contributed by atoms with Crippen molar-refractivity contribution in [2.24, 2.45) is 11.3 Å². The SMILES string of the molecule is C#Cc1ccc([C@H](C)NC(=O)[C@@H]2C[C@@H](O)CN2C(=O)C(c2cc(N3CC4(CC(c5cc6nnc(-c7ccccc7O)cc6n5C5CCC5)C4)C3)no2)C(C)C)cc1. The minimum atomic E-state index is -0.806. The molecule has 9 rings (SSSR count). The van der Waals surface area contributed by atoms with E-state index in [1.165, 1.54) is 17.0 Å². The first-order chi connectivity index (χ1) is 27.5. The molecule has 57 heavy (non-hydrogen) atoms. The van der Waals surface area contributed by atoms with Gasteiger partial charge in [-0.15, -0.1) is 16.6 Å². The Morgan fingerprint density at radius 1 is 1.02 bits per heavy atom. The zero-order valence-electron chi connectivity index (χ0n) is 32.6. The van der Waals surface area contributed by atoms with Gasteiger partial charge in [-0.3, -0.25) is 9.59 Å². The summed E-state index contributed by atoms with van der Waals surface area (Å²) in [6, 6.07) is 20.2. The molecule has 5 heterocycles.